The molecule has 0 spiro atoms. The number of amides is 1. The van der Waals surface area contributed by atoms with Crippen molar-refractivity contribution in [1.82, 2.24) is 0 Å². The van der Waals surface area contributed by atoms with Crippen LogP contribution in [0.25, 0.3) is 0 Å². The number of nitrogens with one attached hydrogen (secondary N) is 2. The second kappa shape index (κ2) is 5.97. The lowest BCUT2D eigenvalue weighted by Crippen LogP contribution is -2.14. The normalized spacial score (nSPS) is 11.0. The largest absolute Gasteiger partial charge is 0.326 e. The Bertz CT molecular complexity index is 770. The van der Waals surface area contributed by atoms with Gasteiger partial charge in [0.25, 0.3) is 10.0 Å². The van der Waals surface area contributed by atoms with Crippen molar-refractivity contribution in [2.24, 2.45) is 0 Å². The zero-order valence-corrected chi connectivity index (χ0v) is 12.6. The van der Waals surface area contributed by atoms with Crippen LogP contribution >= 0.6 is 0 Å². The van der Waals surface area contributed by atoms with Gasteiger partial charge in [0.15, 0.2) is 0 Å². The second-order valence-corrected chi connectivity index (χ2v) is 6.37. The Kier molecular flexibility index (Phi) is 4.28. The maximum atomic E-state index is 12.3. The number of aryl methyl sites for hydroxylation is 1. The Hall–Kier alpha value is -2.34. The highest BCUT2D eigenvalue weighted by molar-refractivity contribution is 7.92. The monoisotopic (exact) mass is 304 g/mol. The zero-order valence-electron chi connectivity index (χ0n) is 11.8. The third-order valence-corrected chi connectivity index (χ3v) is 4.11. The van der Waals surface area contributed by atoms with Crippen LogP contribution in [-0.2, 0) is 14.8 Å². The van der Waals surface area contributed by atoms with E-state index >= 15 is 0 Å². The molecule has 5 nitrogen and oxygen atoms in total. The van der Waals surface area contributed by atoms with Crippen LogP contribution < -0.4 is 10.0 Å². The standard InChI is InChI=1S/C15H16N2O3S/c1-11-5-3-7-14(9-11)17-21(19,20)15-8-4-6-13(10-15)16-12(2)18/h3-10,17H,1-2H3,(H,16,18). The molecule has 2 N–H and O–H groups in total. The number of anilines is 2. The minimum Gasteiger partial charge on any atom is -0.326 e. The first-order valence-corrected chi connectivity index (χ1v) is 7.82. The van der Waals surface area contributed by atoms with Crippen molar-refractivity contribution in [3.05, 3.63) is 54.1 Å². The van der Waals surface area contributed by atoms with Gasteiger partial charge in [0.05, 0.1) is 4.90 Å². The fraction of sp³-hybridized carbons (Fsp3) is 0.133. The molecular weight excluding hydrogens is 288 g/mol. The molecule has 0 fully saturated rings. The average molecular weight is 304 g/mol. The summed E-state index contributed by atoms with van der Waals surface area (Å²) in [6.07, 6.45) is 0. The maximum absolute atomic E-state index is 12.3. The molecule has 0 aliphatic heterocycles. The first-order valence-electron chi connectivity index (χ1n) is 6.34. The molecule has 0 aromatic heterocycles. The summed E-state index contributed by atoms with van der Waals surface area (Å²) in [5.74, 6) is -0.254. The van der Waals surface area contributed by atoms with Crippen molar-refractivity contribution in [3.8, 4) is 0 Å². The van der Waals surface area contributed by atoms with Gasteiger partial charge in [-0.1, -0.05) is 18.2 Å². The van der Waals surface area contributed by atoms with Crippen LogP contribution in [0.1, 0.15) is 12.5 Å². The van der Waals surface area contributed by atoms with Gasteiger partial charge in [-0.05, 0) is 42.8 Å². The van der Waals surface area contributed by atoms with Crippen molar-refractivity contribution >= 4 is 27.3 Å². The van der Waals surface area contributed by atoms with Crippen LogP contribution in [0.5, 0.6) is 0 Å². The van der Waals surface area contributed by atoms with E-state index in [0.29, 0.717) is 11.4 Å². The van der Waals surface area contributed by atoms with E-state index in [2.05, 4.69) is 10.0 Å². The lowest BCUT2D eigenvalue weighted by atomic mass is 10.2. The van der Waals surface area contributed by atoms with Gasteiger partial charge in [-0.3, -0.25) is 9.52 Å². The molecule has 0 heterocycles. The number of carbonyl (C=O) groups is 1. The quantitative estimate of drug-likeness (QED) is 0.912. The van der Waals surface area contributed by atoms with Crippen molar-refractivity contribution < 1.29 is 13.2 Å². The van der Waals surface area contributed by atoms with E-state index in [-0.39, 0.29) is 10.8 Å². The molecule has 0 bridgehead atoms. The van der Waals surface area contributed by atoms with E-state index in [4.69, 9.17) is 0 Å². The molecule has 0 unspecified atom stereocenters. The van der Waals surface area contributed by atoms with Crippen LogP contribution in [0.3, 0.4) is 0 Å². The molecule has 2 aromatic rings. The summed E-state index contributed by atoms with van der Waals surface area (Å²) in [6.45, 7) is 3.25. The third kappa shape index (κ3) is 4.06. The van der Waals surface area contributed by atoms with Gasteiger partial charge in [-0.25, -0.2) is 8.42 Å². The van der Waals surface area contributed by atoms with Crippen LogP contribution in [0.2, 0.25) is 0 Å². The number of rotatable bonds is 4. The highest BCUT2D eigenvalue weighted by atomic mass is 32.2. The van der Waals surface area contributed by atoms with Crippen molar-refractivity contribution in [3.63, 3.8) is 0 Å². The summed E-state index contributed by atoms with van der Waals surface area (Å²) in [5.41, 5.74) is 1.90. The first kappa shape index (κ1) is 15.1. The summed E-state index contributed by atoms with van der Waals surface area (Å²) in [6, 6.07) is 13.2. The Morgan fingerprint density at radius 3 is 2.33 bits per heavy atom. The van der Waals surface area contributed by atoms with Gasteiger partial charge in [-0.15, -0.1) is 0 Å². The molecule has 0 radical (unpaired) electrons. The molecular formula is C15H16N2O3S. The lowest BCUT2D eigenvalue weighted by molar-refractivity contribution is -0.114. The number of benzene rings is 2. The lowest BCUT2D eigenvalue weighted by Gasteiger charge is -2.10. The van der Waals surface area contributed by atoms with Gasteiger partial charge in [0, 0.05) is 18.3 Å². The van der Waals surface area contributed by atoms with E-state index in [1.54, 1.807) is 30.3 Å². The number of hydrogen-bond donors (Lipinski definition) is 2. The van der Waals surface area contributed by atoms with Crippen molar-refractivity contribution in [1.29, 1.82) is 0 Å². The van der Waals surface area contributed by atoms with Crippen molar-refractivity contribution in [2.75, 3.05) is 10.0 Å². The summed E-state index contributed by atoms with van der Waals surface area (Å²) in [7, 11) is -3.69. The third-order valence-electron chi connectivity index (χ3n) is 2.73. The van der Waals surface area contributed by atoms with E-state index in [1.807, 2.05) is 13.0 Å². The highest BCUT2D eigenvalue weighted by Crippen LogP contribution is 2.19. The van der Waals surface area contributed by atoms with Gasteiger partial charge in [0.1, 0.15) is 0 Å². The van der Waals surface area contributed by atoms with Gasteiger partial charge >= 0.3 is 0 Å². The predicted octanol–water partition coefficient (Wildman–Crippen LogP) is 2.75. The smallest absolute Gasteiger partial charge is 0.261 e. The molecule has 0 aliphatic rings. The minimum atomic E-state index is -3.69. The van der Waals surface area contributed by atoms with Crippen LogP contribution in [0.4, 0.5) is 11.4 Å². The van der Waals surface area contributed by atoms with Crippen LogP contribution in [0, 0.1) is 6.92 Å². The Balaban J connectivity index is 2.29. The van der Waals surface area contributed by atoms with Crippen LogP contribution in [-0.4, -0.2) is 14.3 Å². The Morgan fingerprint density at radius 1 is 1.00 bits per heavy atom. The molecule has 1 amide bonds. The summed E-state index contributed by atoms with van der Waals surface area (Å²) in [4.78, 5) is 11.1. The molecule has 0 atom stereocenters. The SMILES string of the molecule is CC(=O)Nc1cccc(S(=O)(=O)Nc2cccc(C)c2)c1. The maximum Gasteiger partial charge on any atom is 0.261 e. The molecule has 2 rings (SSSR count). The average Bonchev–Trinajstić information content (AvgIpc) is 2.37. The molecule has 0 saturated heterocycles. The van der Waals surface area contributed by atoms with E-state index in [9.17, 15) is 13.2 Å². The molecule has 110 valence electrons. The number of hydrogen-bond acceptors (Lipinski definition) is 3. The van der Waals surface area contributed by atoms with Gasteiger partial charge < -0.3 is 5.32 Å². The Morgan fingerprint density at radius 2 is 1.67 bits per heavy atom. The molecule has 0 aliphatic carbocycles. The number of sulfonamides is 1. The molecule has 0 saturated carbocycles. The van der Waals surface area contributed by atoms with E-state index in [0.717, 1.165) is 5.56 Å². The topological polar surface area (TPSA) is 75.3 Å². The van der Waals surface area contributed by atoms with E-state index < -0.39 is 10.0 Å². The summed E-state index contributed by atoms with van der Waals surface area (Å²) in [5, 5.41) is 2.56. The fourth-order valence-corrected chi connectivity index (χ4v) is 2.96. The van der Waals surface area contributed by atoms with Gasteiger partial charge in [0.2, 0.25) is 5.91 Å². The first-order chi connectivity index (χ1) is 9.87. The molecule has 6 heteroatoms. The zero-order chi connectivity index (χ0) is 15.5. The minimum absolute atomic E-state index is 0.0928. The molecule has 2 aromatic carbocycles. The fourth-order valence-electron chi connectivity index (χ4n) is 1.87. The highest BCUT2D eigenvalue weighted by Gasteiger charge is 2.14. The van der Waals surface area contributed by atoms with Crippen molar-refractivity contribution in [2.45, 2.75) is 18.7 Å². The predicted molar refractivity (Wildman–Crippen MR) is 82.7 cm³/mol. The van der Waals surface area contributed by atoms with E-state index in [1.165, 1.54) is 19.1 Å². The summed E-state index contributed by atoms with van der Waals surface area (Å²) >= 11 is 0. The molecule has 21 heavy (non-hydrogen) atoms. The summed E-state index contributed by atoms with van der Waals surface area (Å²) < 4.78 is 27.2. The van der Waals surface area contributed by atoms with Crippen LogP contribution in [0.15, 0.2) is 53.4 Å². The second-order valence-electron chi connectivity index (χ2n) is 4.68. The van der Waals surface area contributed by atoms with Gasteiger partial charge in [-0.2, -0.15) is 0 Å². The Labute approximate surface area is 124 Å². The number of carbonyl (C=O) groups excluding carboxylic acids is 1.